The average molecular weight is 349 g/mol. The van der Waals surface area contributed by atoms with Crippen LogP contribution in [0.5, 0.6) is 0 Å². The fraction of sp³-hybridized carbons (Fsp3) is 0.368. The van der Waals surface area contributed by atoms with Gasteiger partial charge in [0.2, 0.25) is 0 Å². The Kier molecular flexibility index (Phi) is 4.88. The summed E-state index contributed by atoms with van der Waals surface area (Å²) in [7, 11) is 0. The Hall–Kier alpha value is -2.80. The van der Waals surface area contributed by atoms with Crippen LogP contribution in [0.25, 0.3) is 11.4 Å². The highest BCUT2D eigenvalue weighted by Gasteiger charge is 2.18. The van der Waals surface area contributed by atoms with Crippen molar-refractivity contribution in [3.63, 3.8) is 0 Å². The van der Waals surface area contributed by atoms with Gasteiger partial charge in [-0.3, -0.25) is 0 Å². The quantitative estimate of drug-likeness (QED) is 0.734. The van der Waals surface area contributed by atoms with E-state index in [4.69, 9.17) is 9.97 Å². The van der Waals surface area contributed by atoms with E-state index in [1.54, 1.807) is 12.7 Å². The van der Waals surface area contributed by atoms with E-state index in [0.29, 0.717) is 0 Å². The van der Waals surface area contributed by atoms with Gasteiger partial charge in [-0.1, -0.05) is 30.3 Å². The summed E-state index contributed by atoms with van der Waals surface area (Å²) in [5, 5.41) is 11.2. The van der Waals surface area contributed by atoms with Crippen molar-refractivity contribution in [2.24, 2.45) is 0 Å². The maximum absolute atomic E-state index is 4.86. The Morgan fingerprint density at radius 1 is 1.15 bits per heavy atom. The first-order valence-electron chi connectivity index (χ1n) is 9.05. The summed E-state index contributed by atoms with van der Waals surface area (Å²) in [6.45, 7) is 4.75. The van der Waals surface area contributed by atoms with Crippen LogP contribution in [-0.2, 0) is 12.8 Å². The number of fused-ring (bicyclic) bond motifs is 1. The molecule has 0 bridgehead atoms. The molecule has 1 aliphatic rings. The van der Waals surface area contributed by atoms with Crippen LogP contribution < -0.4 is 10.6 Å². The molecule has 0 radical (unpaired) electrons. The standard InChI is InChI=1S/C19H23N7/c1-14(26-13-21-12-23-26)11-22-19-16-7-9-20-10-8-17(16)24-18(25-19)15-5-3-2-4-6-15/h2-6,12-14,20H,7-11H2,1H3,(H,22,24,25)/t14-/m1/s1. The number of hydrogen-bond donors (Lipinski definition) is 2. The lowest BCUT2D eigenvalue weighted by Crippen LogP contribution is -2.19. The molecule has 26 heavy (non-hydrogen) atoms. The van der Waals surface area contributed by atoms with Crippen LogP contribution in [0.2, 0.25) is 0 Å². The number of nitrogens with one attached hydrogen (secondary N) is 2. The summed E-state index contributed by atoms with van der Waals surface area (Å²) < 4.78 is 1.85. The highest BCUT2D eigenvalue weighted by molar-refractivity contribution is 5.60. The summed E-state index contributed by atoms with van der Waals surface area (Å²) >= 11 is 0. The predicted octanol–water partition coefficient (Wildman–Crippen LogP) is 2.10. The molecular formula is C19H23N7. The van der Waals surface area contributed by atoms with Gasteiger partial charge >= 0.3 is 0 Å². The van der Waals surface area contributed by atoms with Gasteiger partial charge in [0.25, 0.3) is 0 Å². The predicted molar refractivity (Wildman–Crippen MR) is 101 cm³/mol. The summed E-state index contributed by atoms with van der Waals surface area (Å²) in [5.41, 5.74) is 3.40. The van der Waals surface area contributed by atoms with Crippen molar-refractivity contribution in [3.05, 3.63) is 54.2 Å². The van der Waals surface area contributed by atoms with Gasteiger partial charge in [-0.15, -0.1) is 0 Å². The van der Waals surface area contributed by atoms with E-state index >= 15 is 0 Å². The Morgan fingerprint density at radius 2 is 2.00 bits per heavy atom. The number of benzene rings is 1. The molecule has 1 aromatic carbocycles. The molecule has 1 aliphatic heterocycles. The van der Waals surface area contributed by atoms with E-state index in [1.165, 1.54) is 5.56 Å². The van der Waals surface area contributed by atoms with Gasteiger partial charge in [-0.2, -0.15) is 5.10 Å². The van der Waals surface area contributed by atoms with Gasteiger partial charge in [-0.25, -0.2) is 19.6 Å². The third-order valence-corrected chi connectivity index (χ3v) is 4.67. The number of anilines is 1. The molecule has 0 fully saturated rings. The first-order valence-corrected chi connectivity index (χ1v) is 9.05. The van der Waals surface area contributed by atoms with Gasteiger partial charge in [0, 0.05) is 30.6 Å². The van der Waals surface area contributed by atoms with Gasteiger partial charge in [0.15, 0.2) is 5.82 Å². The minimum atomic E-state index is 0.187. The first kappa shape index (κ1) is 16.7. The van der Waals surface area contributed by atoms with Crippen LogP contribution in [0.4, 0.5) is 5.82 Å². The summed E-state index contributed by atoms with van der Waals surface area (Å²) in [6, 6.07) is 10.3. The van der Waals surface area contributed by atoms with E-state index < -0.39 is 0 Å². The molecular weight excluding hydrogens is 326 g/mol. The highest BCUT2D eigenvalue weighted by Crippen LogP contribution is 2.24. The molecule has 134 valence electrons. The second kappa shape index (κ2) is 7.61. The van der Waals surface area contributed by atoms with Crippen molar-refractivity contribution >= 4 is 5.82 Å². The van der Waals surface area contributed by atoms with E-state index in [2.05, 4.69) is 39.8 Å². The normalized spacial score (nSPS) is 15.1. The third kappa shape index (κ3) is 3.57. The molecule has 7 nitrogen and oxygen atoms in total. The number of aromatic nitrogens is 5. The summed E-state index contributed by atoms with van der Waals surface area (Å²) in [5.74, 6) is 1.71. The van der Waals surface area contributed by atoms with Crippen molar-refractivity contribution < 1.29 is 0 Å². The maximum atomic E-state index is 4.86. The Morgan fingerprint density at radius 3 is 2.81 bits per heavy atom. The first-order chi connectivity index (χ1) is 12.8. The van der Waals surface area contributed by atoms with Gasteiger partial charge in [-0.05, 0) is 19.9 Å². The zero-order valence-electron chi connectivity index (χ0n) is 14.9. The third-order valence-electron chi connectivity index (χ3n) is 4.67. The lowest BCUT2D eigenvalue weighted by atomic mass is 10.1. The molecule has 0 spiro atoms. The largest absolute Gasteiger partial charge is 0.368 e. The van der Waals surface area contributed by atoms with Crippen molar-refractivity contribution in [3.8, 4) is 11.4 Å². The van der Waals surface area contributed by atoms with Crippen LogP contribution in [0.1, 0.15) is 24.2 Å². The average Bonchev–Trinajstić information content (AvgIpc) is 3.12. The van der Waals surface area contributed by atoms with Crippen LogP contribution in [0.15, 0.2) is 43.0 Å². The molecule has 0 amide bonds. The number of nitrogens with zero attached hydrogens (tertiary/aromatic N) is 5. The molecule has 4 rings (SSSR count). The van der Waals surface area contributed by atoms with Crippen LogP contribution in [0.3, 0.4) is 0 Å². The number of rotatable bonds is 5. The van der Waals surface area contributed by atoms with E-state index in [-0.39, 0.29) is 6.04 Å². The van der Waals surface area contributed by atoms with E-state index in [0.717, 1.165) is 55.4 Å². The molecule has 2 N–H and O–H groups in total. The van der Waals surface area contributed by atoms with Crippen molar-refractivity contribution in [2.45, 2.75) is 25.8 Å². The van der Waals surface area contributed by atoms with Crippen molar-refractivity contribution in [1.82, 2.24) is 30.0 Å². The molecule has 0 saturated heterocycles. The second-order valence-electron chi connectivity index (χ2n) is 6.54. The fourth-order valence-corrected chi connectivity index (χ4v) is 3.19. The molecule has 3 aromatic rings. The zero-order chi connectivity index (χ0) is 17.8. The van der Waals surface area contributed by atoms with Gasteiger partial charge < -0.3 is 10.6 Å². The molecule has 0 aliphatic carbocycles. The van der Waals surface area contributed by atoms with Crippen LogP contribution in [0, 0.1) is 0 Å². The SMILES string of the molecule is C[C@H](CNc1nc(-c2ccccc2)nc2c1CCNCC2)n1cncn1. The topological polar surface area (TPSA) is 80.5 Å². The fourth-order valence-electron chi connectivity index (χ4n) is 3.19. The second-order valence-corrected chi connectivity index (χ2v) is 6.54. The Balaban J connectivity index is 1.65. The minimum Gasteiger partial charge on any atom is -0.368 e. The van der Waals surface area contributed by atoms with Crippen LogP contribution >= 0.6 is 0 Å². The zero-order valence-corrected chi connectivity index (χ0v) is 14.9. The number of hydrogen-bond acceptors (Lipinski definition) is 6. The highest BCUT2D eigenvalue weighted by atomic mass is 15.3. The maximum Gasteiger partial charge on any atom is 0.161 e. The smallest absolute Gasteiger partial charge is 0.161 e. The Bertz CT molecular complexity index is 846. The lowest BCUT2D eigenvalue weighted by Gasteiger charge is -2.17. The lowest BCUT2D eigenvalue weighted by molar-refractivity contribution is 0.510. The minimum absolute atomic E-state index is 0.187. The summed E-state index contributed by atoms with van der Waals surface area (Å²) in [4.78, 5) is 13.7. The molecule has 0 saturated carbocycles. The van der Waals surface area contributed by atoms with Crippen molar-refractivity contribution in [2.75, 3.05) is 25.0 Å². The Labute approximate surface area is 152 Å². The molecule has 0 unspecified atom stereocenters. The molecule has 3 heterocycles. The van der Waals surface area contributed by atoms with Gasteiger partial charge in [0.05, 0.1) is 11.7 Å². The molecule has 7 heteroatoms. The van der Waals surface area contributed by atoms with Crippen LogP contribution in [-0.4, -0.2) is 44.4 Å². The van der Waals surface area contributed by atoms with E-state index in [1.807, 2.05) is 22.9 Å². The van der Waals surface area contributed by atoms with Gasteiger partial charge in [0.1, 0.15) is 18.5 Å². The van der Waals surface area contributed by atoms with Crippen molar-refractivity contribution in [1.29, 1.82) is 0 Å². The molecule has 1 atom stereocenters. The van der Waals surface area contributed by atoms with E-state index in [9.17, 15) is 0 Å². The summed E-state index contributed by atoms with van der Waals surface area (Å²) in [6.07, 6.45) is 5.16. The molecule has 2 aromatic heterocycles. The monoisotopic (exact) mass is 349 g/mol.